The van der Waals surface area contributed by atoms with Crippen LogP contribution in [0.15, 0.2) is 46.7 Å². The Morgan fingerprint density at radius 3 is 2.81 bits per heavy atom. The van der Waals surface area contributed by atoms with Gasteiger partial charge >= 0.3 is 0 Å². The van der Waals surface area contributed by atoms with Crippen LogP contribution in [0.4, 0.5) is 0 Å². The molecule has 2 atom stereocenters. The number of thiazole rings is 1. The van der Waals surface area contributed by atoms with Crippen LogP contribution in [0.2, 0.25) is 0 Å². The molecule has 1 heterocycles. The summed E-state index contributed by atoms with van der Waals surface area (Å²) in [6.45, 7) is 2.43. The van der Waals surface area contributed by atoms with E-state index in [0.29, 0.717) is 35.4 Å². The van der Waals surface area contributed by atoms with Gasteiger partial charge in [-0.2, -0.15) is 0 Å². The fourth-order valence-corrected chi connectivity index (χ4v) is 6.84. The van der Waals surface area contributed by atoms with Crippen LogP contribution >= 0.6 is 24.2 Å². The van der Waals surface area contributed by atoms with Crippen LogP contribution in [0, 0.1) is 17.3 Å². The van der Waals surface area contributed by atoms with Crippen molar-refractivity contribution in [3.8, 4) is 0 Å². The highest BCUT2D eigenvalue weighted by molar-refractivity contribution is 7.78. The Hall–Kier alpha value is -2.32. The Balaban J connectivity index is 1.42. The third-order valence-corrected chi connectivity index (χ3v) is 8.50. The number of benzene rings is 1. The van der Waals surface area contributed by atoms with Crippen molar-refractivity contribution in [1.29, 1.82) is 0 Å². The molecule has 0 aliphatic heterocycles. The number of nitrogens with one attached hydrogen (secondary N) is 1. The summed E-state index contributed by atoms with van der Waals surface area (Å²) in [5.74, 6) is 2.08. The van der Waals surface area contributed by atoms with Crippen molar-refractivity contribution in [3.05, 3.63) is 47.2 Å². The Labute approximate surface area is 191 Å². The first-order valence-corrected chi connectivity index (χ1v) is 11.9. The average Bonchev–Trinajstić information content (AvgIpc) is 3.38. The zero-order chi connectivity index (χ0) is 21.6. The molecule has 31 heavy (non-hydrogen) atoms. The van der Waals surface area contributed by atoms with E-state index in [1.54, 1.807) is 11.3 Å². The van der Waals surface area contributed by atoms with Crippen LogP contribution in [-0.4, -0.2) is 27.2 Å². The van der Waals surface area contributed by atoms with Crippen LogP contribution in [0.3, 0.4) is 0 Å². The number of carbonyl (C=O) groups excluding carboxylic acids is 1. The van der Waals surface area contributed by atoms with Crippen molar-refractivity contribution < 1.29 is 4.79 Å². The molecule has 1 aromatic heterocycles. The normalized spacial score (nSPS) is 32.3. The maximum atomic E-state index is 11.5. The lowest BCUT2D eigenvalue weighted by Gasteiger charge is -2.37. The van der Waals surface area contributed by atoms with Gasteiger partial charge in [0, 0.05) is 0 Å². The second-order valence-electron chi connectivity index (χ2n) is 9.34. The Bertz CT molecular complexity index is 1090. The molecule has 0 radical (unpaired) electrons. The van der Waals surface area contributed by atoms with Gasteiger partial charge < -0.3 is 11.1 Å². The molecule has 2 aromatic rings. The largest absolute Gasteiger partial charge is 0.385 e. The predicted octanol–water partition coefficient (Wildman–Crippen LogP) is 4.33. The molecular weight excluding hydrogens is 426 g/mol. The summed E-state index contributed by atoms with van der Waals surface area (Å²) in [6.07, 6.45) is 12.5. The van der Waals surface area contributed by atoms with Gasteiger partial charge in [0.2, 0.25) is 12.4 Å². The first-order valence-electron chi connectivity index (χ1n) is 10.7. The summed E-state index contributed by atoms with van der Waals surface area (Å²) >= 11 is 5.91. The van der Waals surface area contributed by atoms with Gasteiger partial charge in [0.15, 0.2) is 0 Å². The van der Waals surface area contributed by atoms with E-state index >= 15 is 0 Å². The summed E-state index contributed by atoms with van der Waals surface area (Å²) in [5, 5.41) is 3.14. The van der Waals surface area contributed by atoms with E-state index in [-0.39, 0.29) is 5.54 Å². The summed E-state index contributed by atoms with van der Waals surface area (Å²) < 4.78 is 2.29. The lowest BCUT2D eigenvalue weighted by molar-refractivity contribution is -0.111. The molecule has 1 amide bonds. The Morgan fingerprint density at radius 1 is 1.35 bits per heavy atom. The molecule has 3 N–H and O–H groups in total. The van der Waals surface area contributed by atoms with Gasteiger partial charge in [-0.05, 0) is 73.1 Å². The summed E-state index contributed by atoms with van der Waals surface area (Å²) in [4.78, 5) is 21.0. The number of thiol groups is 1. The highest BCUT2D eigenvalue weighted by atomic mass is 32.1. The quantitative estimate of drug-likeness (QED) is 0.212. The number of hydrogen-bond acceptors (Lipinski definition) is 6. The van der Waals surface area contributed by atoms with E-state index in [4.69, 9.17) is 10.7 Å². The topological polar surface area (TPSA) is 83.6 Å². The lowest BCUT2D eigenvalue weighted by atomic mass is 9.68. The van der Waals surface area contributed by atoms with Gasteiger partial charge in [0.05, 0.1) is 21.3 Å². The number of amides is 1. The Kier molecular flexibility index (Phi) is 5.09. The molecule has 8 heteroatoms. The number of hydrogen-bond donors (Lipinski definition) is 3. The number of nitrogens with two attached hydrogens (primary N) is 1. The molecule has 162 valence electrons. The smallest absolute Gasteiger partial charge is 0.226 e. The molecule has 2 unspecified atom stereocenters. The standard InChI is InChI=1S/C23H27N5OS2/c1-22-12-23(10-16(22)4-2-3-5-17(22)11-23)27-21(28(30)14-29)26-20(24)9-15-6-7-18-19(8-15)31-13-25-18/h2-3,6-9,13-14,16-17,30H,4-5,10-12,24H2,1H3,(H,26,27)/b20-9-. The van der Waals surface area contributed by atoms with E-state index in [1.165, 1.54) is 4.31 Å². The fraction of sp³-hybridized carbons (Fsp3) is 0.435. The molecule has 3 aliphatic rings. The Morgan fingerprint density at radius 2 is 2.10 bits per heavy atom. The van der Waals surface area contributed by atoms with Crippen LogP contribution in [0.5, 0.6) is 0 Å². The summed E-state index contributed by atoms with van der Waals surface area (Å²) in [6, 6.07) is 6.00. The van der Waals surface area contributed by atoms with Gasteiger partial charge in [-0.1, -0.05) is 38.0 Å². The minimum absolute atomic E-state index is 0.162. The van der Waals surface area contributed by atoms with E-state index in [9.17, 15) is 4.79 Å². The summed E-state index contributed by atoms with van der Waals surface area (Å²) in [7, 11) is 0. The van der Waals surface area contributed by atoms with Gasteiger partial charge in [-0.25, -0.2) is 14.3 Å². The van der Waals surface area contributed by atoms with Crippen LogP contribution in [0.1, 0.15) is 44.6 Å². The number of allylic oxidation sites excluding steroid dienone is 2. The molecule has 0 spiro atoms. The zero-order valence-electron chi connectivity index (χ0n) is 17.5. The van der Waals surface area contributed by atoms with Gasteiger partial charge in [0.1, 0.15) is 5.82 Å². The van der Waals surface area contributed by atoms with Crippen molar-refractivity contribution in [2.45, 2.75) is 44.6 Å². The van der Waals surface area contributed by atoms with Crippen molar-refractivity contribution in [2.24, 2.45) is 28.0 Å². The molecule has 3 aliphatic carbocycles. The van der Waals surface area contributed by atoms with Crippen molar-refractivity contribution >= 4 is 52.8 Å². The average molecular weight is 454 g/mol. The van der Waals surface area contributed by atoms with Gasteiger partial charge in [0.25, 0.3) is 0 Å². The molecule has 6 nitrogen and oxygen atoms in total. The van der Waals surface area contributed by atoms with E-state index in [2.05, 4.69) is 42.2 Å². The molecule has 2 saturated carbocycles. The van der Waals surface area contributed by atoms with Gasteiger partial charge in [-0.15, -0.1) is 11.3 Å². The number of carbonyl (C=O) groups is 1. The maximum Gasteiger partial charge on any atom is 0.226 e. The summed E-state index contributed by atoms with van der Waals surface area (Å²) in [5.41, 5.74) is 10.2. The zero-order valence-corrected chi connectivity index (χ0v) is 19.2. The third-order valence-electron chi connectivity index (χ3n) is 7.43. The van der Waals surface area contributed by atoms with E-state index in [1.807, 2.05) is 29.8 Å². The number of guanidine groups is 1. The first kappa shape index (κ1) is 20.6. The van der Waals surface area contributed by atoms with Gasteiger partial charge in [-0.3, -0.25) is 4.79 Å². The first-order chi connectivity index (χ1) is 14.9. The van der Waals surface area contributed by atoms with Crippen LogP contribution in [-0.2, 0) is 4.79 Å². The van der Waals surface area contributed by atoms with Crippen molar-refractivity contribution in [3.63, 3.8) is 0 Å². The van der Waals surface area contributed by atoms with E-state index in [0.717, 1.165) is 47.9 Å². The number of rotatable bonds is 4. The predicted molar refractivity (Wildman–Crippen MR) is 129 cm³/mol. The molecule has 1 aromatic carbocycles. The molecule has 5 rings (SSSR count). The van der Waals surface area contributed by atoms with E-state index < -0.39 is 0 Å². The van der Waals surface area contributed by atoms with Crippen LogP contribution in [0.25, 0.3) is 16.3 Å². The van der Waals surface area contributed by atoms with Crippen LogP contribution < -0.4 is 11.1 Å². The second-order valence-corrected chi connectivity index (χ2v) is 10.7. The SMILES string of the molecule is CC12CC3(N=C(N/C(N)=C\c4ccc5ncsc5c4)N(S)C=O)CC1CC=CCC2C3. The fourth-order valence-electron chi connectivity index (χ4n) is 6.02. The molecular formula is C23H27N5OS2. The number of fused-ring (bicyclic) bond motifs is 2. The maximum absolute atomic E-state index is 11.5. The third kappa shape index (κ3) is 3.65. The molecule has 0 saturated heterocycles. The number of aromatic nitrogens is 1. The monoisotopic (exact) mass is 453 g/mol. The number of aliphatic imine (C=N–C) groups is 1. The number of nitrogens with zero attached hydrogens (tertiary/aromatic N) is 3. The highest BCUT2D eigenvalue weighted by Crippen LogP contribution is 2.66. The van der Waals surface area contributed by atoms with Crippen molar-refractivity contribution in [2.75, 3.05) is 0 Å². The van der Waals surface area contributed by atoms with Crippen molar-refractivity contribution in [1.82, 2.24) is 14.6 Å². The molecule has 2 bridgehead atoms. The molecule has 2 fully saturated rings. The minimum atomic E-state index is -0.162. The highest BCUT2D eigenvalue weighted by Gasteiger charge is 2.62. The minimum Gasteiger partial charge on any atom is -0.385 e. The second kappa shape index (κ2) is 7.67. The lowest BCUT2D eigenvalue weighted by Crippen LogP contribution is -2.40.